The van der Waals surface area contributed by atoms with Crippen molar-refractivity contribution in [2.75, 3.05) is 13.1 Å². The number of hydrogen-bond donors (Lipinski definition) is 1. The minimum Gasteiger partial charge on any atom is -0.313 e. The van der Waals surface area contributed by atoms with Gasteiger partial charge in [-0.3, -0.25) is 4.90 Å². The van der Waals surface area contributed by atoms with Crippen LogP contribution in [0.1, 0.15) is 51.6 Å². The summed E-state index contributed by atoms with van der Waals surface area (Å²) in [5.41, 5.74) is 1.16. The number of hydrogen-bond acceptors (Lipinski definition) is 2. The summed E-state index contributed by atoms with van der Waals surface area (Å²) in [6.07, 6.45) is 3.90. The highest BCUT2D eigenvalue weighted by molar-refractivity contribution is 6.35. The van der Waals surface area contributed by atoms with E-state index in [9.17, 15) is 0 Å². The van der Waals surface area contributed by atoms with Crippen LogP contribution in [0.25, 0.3) is 0 Å². The number of halogens is 2. The quantitative estimate of drug-likeness (QED) is 0.826. The number of rotatable bonds is 5. The number of nitrogens with zero attached hydrogens (tertiary/aromatic N) is 1. The van der Waals surface area contributed by atoms with E-state index >= 15 is 0 Å². The van der Waals surface area contributed by atoms with Crippen molar-refractivity contribution in [2.24, 2.45) is 0 Å². The van der Waals surface area contributed by atoms with Crippen LogP contribution in [0.5, 0.6) is 0 Å². The van der Waals surface area contributed by atoms with E-state index in [0.29, 0.717) is 23.1 Å². The van der Waals surface area contributed by atoms with Gasteiger partial charge >= 0.3 is 0 Å². The van der Waals surface area contributed by atoms with Gasteiger partial charge in [-0.2, -0.15) is 0 Å². The summed E-state index contributed by atoms with van der Waals surface area (Å²) < 4.78 is 0. The smallest absolute Gasteiger partial charge is 0.0468 e. The molecule has 0 bridgehead atoms. The lowest BCUT2D eigenvalue weighted by Gasteiger charge is -2.37. The summed E-state index contributed by atoms with van der Waals surface area (Å²) >= 11 is 12.4. The molecule has 0 spiro atoms. The maximum atomic E-state index is 6.39. The maximum Gasteiger partial charge on any atom is 0.0468 e. The first-order valence-corrected chi connectivity index (χ1v) is 8.68. The molecule has 1 aliphatic heterocycles. The van der Waals surface area contributed by atoms with Crippen molar-refractivity contribution in [2.45, 2.75) is 58.2 Å². The Balaban J connectivity index is 2.12. The largest absolute Gasteiger partial charge is 0.313 e. The lowest BCUT2D eigenvalue weighted by molar-refractivity contribution is 0.138. The second kappa shape index (κ2) is 7.82. The molecule has 2 rings (SSSR count). The SMILES string of the molecule is CC(C)N(CC1CCCCN1)C(C)c1ccc(Cl)cc1Cl. The molecule has 1 aromatic rings. The highest BCUT2D eigenvalue weighted by atomic mass is 35.5. The Morgan fingerprint density at radius 1 is 1.24 bits per heavy atom. The zero-order valence-electron chi connectivity index (χ0n) is 13.2. The van der Waals surface area contributed by atoms with Crippen molar-refractivity contribution < 1.29 is 0 Å². The van der Waals surface area contributed by atoms with Gasteiger partial charge < -0.3 is 5.32 Å². The normalized spacial score (nSPS) is 21.0. The summed E-state index contributed by atoms with van der Waals surface area (Å²) in [7, 11) is 0. The molecule has 1 aromatic carbocycles. The highest BCUT2D eigenvalue weighted by Crippen LogP contribution is 2.31. The number of benzene rings is 1. The Bertz CT molecular complexity index is 456. The van der Waals surface area contributed by atoms with Crippen molar-refractivity contribution in [3.8, 4) is 0 Å². The van der Waals surface area contributed by atoms with Crippen LogP contribution in [0.4, 0.5) is 0 Å². The molecule has 2 nitrogen and oxygen atoms in total. The van der Waals surface area contributed by atoms with Crippen molar-refractivity contribution >= 4 is 23.2 Å². The van der Waals surface area contributed by atoms with E-state index in [4.69, 9.17) is 23.2 Å². The van der Waals surface area contributed by atoms with Crippen molar-refractivity contribution in [3.05, 3.63) is 33.8 Å². The minimum atomic E-state index is 0.290. The molecular weight excluding hydrogens is 303 g/mol. The predicted molar refractivity (Wildman–Crippen MR) is 92.4 cm³/mol. The van der Waals surface area contributed by atoms with Crippen LogP contribution >= 0.6 is 23.2 Å². The van der Waals surface area contributed by atoms with Crippen LogP contribution in [0.2, 0.25) is 10.0 Å². The third kappa shape index (κ3) is 4.59. The predicted octanol–water partition coefficient (Wildman–Crippen LogP) is 4.91. The molecule has 0 saturated carbocycles. The molecule has 1 heterocycles. The molecule has 0 aromatic heterocycles. The molecule has 1 fully saturated rings. The van der Waals surface area contributed by atoms with Gasteiger partial charge in [0, 0.05) is 34.7 Å². The van der Waals surface area contributed by atoms with Gasteiger partial charge in [0.05, 0.1) is 0 Å². The minimum absolute atomic E-state index is 0.290. The fourth-order valence-electron chi connectivity index (χ4n) is 3.17. The molecule has 118 valence electrons. The van der Waals surface area contributed by atoms with Crippen molar-refractivity contribution in [1.82, 2.24) is 10.2 Å². The van der Waals surface area contributed by atoms with E-state index in [2.05, 4.69) is 37.1 Å². The Morgan fingerprint density at radius 3 is 2.57 bits per heavy atom. The standard InChI is InChI=1S/C17H26Cl2N2/c1-12(2)21(11-15-6-4-5-9-20-15)13(3)16-8-7-14(18)10-17(16)19/h7-8,10,12-13,15,20H,4-6,9,11H2,1-3H3. The van der Waals surface area contributed by atoms with Crippen LogP contribution in [0, 0.1) is 0 Å². The lowest BCUT2D eigenvalue weighted by Crippen LogP contribution is -2.46. The van der Waals surface area contributed by atoms with Gasteiger partial charge in [-0.05, 0) is 57.9 Å². The lowest BCUT2D eigenvalue weighted by atomic mass is 10.0. The number of piperidine rings is 1. The Kier molecular flexibility index (Phi) is 6.36. The molecule has 1 saturated heterocycles. The molecule has 0 aliphatic carbocycles. The molecule has 2 atom stereocenters. The first-order chi connectivity index (χ1) is 9.99. The van der Waals surface area contributed by atoms with E-state index in [1.54, 1.807) is 0 Å². The summed E-state index contributed by atoms with van der Waals surface area (Å²) in [5, 5.41) is 5.10. The van der Waals surface area contributed by atoms with Crippen LogP contribution in [0.3, 0.4) is 0 Å². The first-order valence-electron chi connectivity index (χ1n) is 7.93. The maximum absolute atomic E-state index is 6.39. The summed E-state index contributed by atoms with van der Waals surface area (Å²) in [6, 6.07) is 7.19. The van der Waals surface area contributed by atoms with E-state index in [1.165, 1.54) is 19.3 Å². The fraction of sp³-hybridized carbons (Fsp3) is 0.647. The Labute approximate surface area is 138 Å². The van der Waals surface area contributed by atoms with Crippen molar-refractivity contribution in [1.29, 1.82) is 0 Å². The Hall–Kier alpha value is -0.280. The monoisotopic (exact) mass is 328 g/mol. The van der Waals surface area contributed by atoms with Gasteiger partial charge in [0.25, 0.3) is 0 Å². The molecule has 2 unspecified atom stereocenters. The molecule has 4 heteroatoms. The fourth-order valence-corrected chi connectivity index (χ4v) is 3.74. The molecular formula is C17H26Cl2N2. The first kappa shape index (κ1) is 17.1. The topological polar surface area (TPSA) is 15.3 Å². The van der Waals surface area contributed by atoms with E-state index in [-0.39, 0.29) is 0 Å². The van der Waals surface area contributed by atoms with E-state index in [1.807, 2.05) is 12.1 Å². The van der Waals surface area contributed by atoms with Gasteiger partial charge in [0.2, 0.25) is 0 Å². The van der Waals surface area contributed by atoms with Crippen LogP contribution in [-0.2, 0) is 0 Å². The van der Waals surface area contributed by atoms with E-state index < -0.39 is 0 Å². The summed E-state index contributed by atoms with van der Waals surface area (Å²) in [5.74, 6) is 0. The highest BCUT2D eigenvalue weighted by Gasteiger charge is 2.24. The summed E-state index contributed by atoms with van der Waals surface area (Å²) in [4.78, 5) is 2.53. The molecule has 0 radical (unpaired) electrons. The van der Waals surface area contributed by atoms with Crippen LogP contribution in [-0.4, -0.2) is 30.1 Å². The number of nitrogens with one attached hydrogen (secondary N) is 1. The molecule has 21 heavy (non-hydrogen) atoms. The van der Waals surface area contributed by atoms with E-state index in [0.717, 1.165) is 23.7 Å². The molecule has 1 N–H and O–H groups in total. The van der Waals surface area contributed by atoms with Crippen LogP contribution < -0.4 is 5.32 Å². The van der Waals surface area contributed by atoms with Crippen LogP contribution in [0.15, 0.2) is 18.2 Å². The third-order valence-corrected chi connectivity index (χ3v) is 4.98. The second-order valence-corrected chi connectivity index (χ2v) is 7.12. The van der Waals surface area contributed by atoms with Gasteiger partial charge in [-0.25, -0.2) is 0 Å². The zero-order chi connectivity index (χ0) is 15.4. The summed E-state index contributed by atoms with van der Waals surface area (Å²) in [6.45, 7) is 8.95. The zero-order valence-corrected chi connectivity index (χ0v) is 14.7. The van der Waals surface area contributed by atoms with Gasteiger partial charge in [0.1, 0.15) is 0 Å². The third-order valence-electron chi connectivity index (χ3n) is 4.42. The molecule has 0 amide bonds. The Morgan fingerprint density at radius 2 is 2.00 bits per heavy atom. The average molecular weight is 329 g/mol. The van der Waals surface area contributed by atoms with Gasteiger partial charge in [-0.1, -0.05) is 35.7 Å². The van der Waals surface area contributed by atoms with Gasteiger partial charge in [0.15, 0.2) is 0 Å². The van der Waals surface area contributed by atoms with Crippen molar-refractivity contribution in [3.63, 3.8) is 0 Å². The van der Waals surface area contributed by atoms with Gasteiger partial charge in [-0.15, -0.1) is 0 Å². The average Bonchev–Trinajstić information content (AvgIpc) is 2.45. The second-order valence-electron chi connectivity index (χ2n) is 6.28. The molecule has 1 aliphatic rings.